The molecular formula is C34H60N2O6. The van der Waals surface area contributed by atoms with Crippen LogP contribution in [0, 0.1) is 33.5 Å². The van der Waals surface area contributed by atoms with Gasteiger partial charge in [-0.2, -0.15) is 0 Å². The van der Waals surface area contributed by atoms with Crippen LogP contribution in [0.15, 0.2) is 24.3 Å². The third-order valence-electron chi connectivity index (χ3n) is 6.85. The summed E-state index contributed by atoms with van der Waals surface area (Å²) in [6, 6.07) is 0. The molecule has 0 aliphatic heterocycles. The predicted molar refractivity (Wildman–Crippen MR) is 170 cm³/mol. The minimum atomic E-state index is -1.06. The zero-order chi connectivity index (χ0) is 33.1. The van der Waals surface area contributed by atoms with Crippen molar-refractivity contribution < 1.29 is 29.4 Å². The number of carbonyl (C=O) groups is 4. The standard InChI is InChI=1S/C34H60N2O6/c1-23(19-33(9,10)21-31(3,4)5)15-25(17-27(37)38)29(41)35-13-14-36-30(42)26(18-28(39)40)16-24(2)20-34(11,12)22-32(6,7)8/h25-26H,1-2,13-22H2,3-12H3,(H,35,41)(H,36,42)(H,37,38)(H,39,40). The van der Waals surface area contributed by atoms with E-state index in [9.17, 15) is 29.4 Å². The van der Waals surface area contributed by atoms with E-state index in [0.29, 0.717) is 12.8 Å². The van der Waals surface area contributed by atoms with Gasteiger partial charge in [-0.15, -0.1) is 0 Å². The lowest BCUT2D eigenvalue weighted by atomic mass is 9.72. The number of nitrogens with one attached hydrogen (secondary N) is 2. The van der Waals surface area contributed by atoms with E-state index >= 15 is 0 Å². The minimum Gasteiger partial charge on any atom is -0.481 e. The average molecular weight is 593 g/mol. The molecule has 2 atom stereocenters. The van der Waals surface area contributed by atoms with Crippen LogP contribution < -0.4 is 10.6 Å². The number of hydrogen-bond donors (Lipinski definition) is 4. The van der Waals surface area contributed by atoms with Crippen LogP contribution in [0.5, 0.6) is 0 Å². The molecule has 0 spiro atoms. The van der Waals surface area contributed by atoms with Crippen LogP contribution in [-0.2, 0) is 19.2 Å². The van der Waals surface area contributed by atoms with Crippen molar-refractivity contribution in [1.29, 1.82) is 0 Å². The molecule has 0 radical (unpaired) electrons. The third-order valence-corrected chi connectivity index (χ3v) is 6.85. The zero-order valence-corrected chi connectivity index (χ0v) is 28.2. The molecule has 0 bridgehead atoms. The average Bonchev–Trinajstić information content (AvgIpc) is 2.70. The number of amides is 2. The largest absolute Gasteiger partial charge is 0.481 e. The van der Waals surface area contributed by atoms with Gasteiger partial charge in [0.1, 0.15) is 0 Å². The van der Waals surface area contributed by atoms with Crippen molar-refractivity contribution in [2.75, 3.05) is 13.1 Å². The number of carboxylic acid groups (broad SMARTS) is 2. The number of allylic oxidation sites excluding steroid dienone is 2. The second-order valence-electron chi connectivity index (χ2n) is 16.2. The first-order chi connectivity index (χ1) is 18.8. The summed E-state index contributed by atoms with van der Waals surface area (Å²) in [5.74, 6) is -4.47. The Morgan fingerprint density at radius 3 is 1.10 bits per heavy atom. The fourth-order valence-corrected chi connectivity index (χ4v) is 6.79. The van der Waals surface area contributed by atoms with Crippen LogP contribution in [0.1, 0.15) is 121 Å². The van der Waals surface area contributed by atoms with Crippen molar-refractivity contribution in [2.24, 2.45) is 33.5 Å². The Morgan fingerprint density at radius 1 is 0.571 bits per heavy atom. The fourth-order valence-electron chi connectivity index (χ4n) is 6.79. The summed E-state index contributed by atoms with van der Waals surface area (Å²) in [6.07, 6.45) is 3.20. The summed E-state index contributed by atoms with van der Waals surface area (Å²) in [5.41, 5.74) is 1.85. The fraction of sp³-hybridized carbons (Fsp3) is 0.765. The molecule has 0 aromatic rings. The first-order valence-electron chi connectivity index (χ1n) is 15.1. The molecule has 0 heterocycles. The van der Waals surface area contributed by atoms with Crippen molar-refractivity contribution in [3.8, 4) is 0 Å². The van der Waals surface area contributed by atoms with Crippen LogP contribution in [-0.4, -0.2) is 47.1 Å². The van der Waals surface area contributed by atoms with Gasteiger partial charge in [-0.3, -0.25) is 19.2 Å². The van der Waals surface area contributed by atoms with E-state index in [1.807, 2.05) is 0 Å². The quantitative estimate of drug-likeness (QED) is 0.0943. The van der Waals surface area contributed by atoms with Crippen LogP contribution >= 0.6 is 0 Å². The lowest BCUT2D eigenvalue weighted by Crippen LogP contribution is -2.40. The van der Waals surface area contributed by atoms with Gasteiger partial charge in [-0.25, -0.2) is 0 Å². The highest BCUT2D eigenvalue weighted by molar-refractivity contribution is 5.84. The summed E-state index contributed by atoms with van der Waals surface area (Å²) in [4.78, 5) is 48.7. The van der Waals surface area contributed by atoms with Gasteiger partial charge in [-0.05, 0) is 60.2 Å². The van der Waals surface area contributed by atoms with Crippen LogP contribution in [0.25, 0.3) is 0 Å². The number of hydrogen-bond acceptors (Lipinski definition) is 4. The molecule has 42 heavy (non-hydrogen) atoms. The normalized spacial score (nSPS) is 14.0. The van der Waals surface area contributed by atoms with Gasteiger partial charge in [0.25, 0.3) is 0 Å². The lowest BCUT2D eigenvalue weighted by Gasteiger charge is -2.33. The van der Waals surface area contributed by atoms with Crippen molar-refractivity contribution in [3.63, 3.8) is 0 Å². The molecule has 0 fully saturated rings. The Morgan fingerprint density at radius 2 is 0.857 bits per heavy atom. The van der Waals surface area contributed by atoms with Crippen LogP contribution in [0.4, 0.5) is 0 Å². The van der Waals surface area contributed by atoms with Gasteiger partial charge < -0.3 is 20.8 Å². The minimum absolute atomic E-state index is 0.0377. The Bertz CT molecular complexity index is 887. The zero-order valence-electron chi connectivity index (χ0n) is 28.2. The van der Waals surface area contributed by atoms with Crippen molar-refractivity contribution in [1.82, 2.24) is 10.6 Å². The van der Waals surface area contributed by atoms with Gasteiger partial charge >= 0.3 is 11.9 Å². The molecule has 0 aromatic heterocycles. The highest BCUT2D eigenvalue weighted by Crippen LogP contribution is 2.40. The predicted octanol–water partition coefficient (Wildman–Crippen LogP) is 7.00. The van der Waals surface area contributed by atoms with E-state index in [4.69, 9.17) is 0 Å². The second kappa shape index (κ2) is 16.3. The summed E-state index contributed by atoms with van der Waals surface area (Å²) in [6.45, 7) is 30.1. The molecule has 0 saturated carbocycles. The summed E-state index contributed by atoms with van der Waals surface area (Å²) >= 11 is 0. The Kier molecular flexibility index (Phi) is 15.3. The molecule has 2 unspecified atom stereocenters. The topological polar surface area (TPSA) is 133 Å². The highest BCUT2D eigenvalue weighted by atomic mass is 16.4. The molecule has 0 rings (SSSR count). The summed E-state index contributed by atoms with van der Waals surface area (Å²) < 4.78 is 0. The van der Waals surface area contributed by atoms with Crippen LogP contribution in [0.2, 0.25) is 0 Å². The van der Waals surface area contributed by atoms with Gasteiger partial charge in [0.2, 0.25) is 11.8 Å². The van der Waals surface area contributed by atoms with E-state index in [1.165, 1.54) is 0 Å². The van der Waals surface area contributed by atoms with Crippen molar-refractivity contribution in [3.05, 3.63) is 24.3 Å². The number of carboxylic acids is 2. The molecule has 8 nitrogen and oxygen atoms in total. The first-order valence-corrected chi connectivity index (χ1v) is 15.1. The van der Waals surface area contributed by atoms with E-state index in [2.05, 4.69) is 93.0 Å². The van der Waals surface area contributed by atoms with E-state index < -0.39 is 35.6 Å². The maximum absolute atomic E-state index is 12.9. The SMILES string of the molecule is C=C(CC(CC(=O)O)C(=O)NCCNC(=O)C(CC(=C)CC(C)(C)CC(C)(C)C)CC(=O)O)CC(C)(C)CC(C)(C)C. The summed E-state index contributed by atoms with van der Waals surface area (Å²) in [5, 5.41) is 24.2. The van der Waals surface area contributed by atoms with Crippen LogP contribution in [0.3, 0.4) is 0 Å². The molecule has 242 valence electrons. The number of rotatable bonds is 19. The molecule has 0 aromatic carbocycles. The molecule has 0 aliphatic rings. The maximum Gasteiger partial charge on any atom is 0.304 e. The molecular weight excluding hydrogens is 532 g/mol. The van der Waals surface area contributed by atoms with Crippen molar-refractivity contribution in [2.45, 2.75) is 121 Å². The first kappa shape index (κ1) is 39.4. The molecule has 4 N–H and O–H groups in total. The monoisotopic (exact) mass is 592 g/mol. The third kappa shape index (κ3) is 19.5. The lowest BCUT2D eigenvalue weighted by molar-refractivity contribution is -0.141. The number of aliphatic carboxylic acids is 2. The molecule has 0 saturated heterocycles. The molecule has 2 amide bonds. The van der Waals surface area contributed by atoms with Gasteiger partial charge in [-0.1, -0.05) is 93.5 Å². The van der Waals surface area contributed by atoms with Crippen molar-refractivity contribution >= 4 is 23.8 Å². The van der Waals surface area contributed by atoms with E-state index in [0.717, 1.165) is 24.0 Å². The Balaban J connectivity index is 5.08. The molecule has 8 heteroatoms. The smallest absolute Gasteiger partial charge is 0.304 e. The van der Waals surface area contributed by atoms with E-state index in [1.54, 1.807) is 0 Å². The molecule has 0 aliphatic carbocycles. The van der Waals surface area contributed by atoms with E-state index in [-0.39, 0.29) is 60.4 Å². The van der Waals surface area contributed by atoms with Gasteiger partial charge in [0, 0.05) is 13.1 Å². The maximum atomic E-state index is 12.9. The second-order valence-corrected chi connectivity index (χ2v) is 16.2. The summed E-state index contributed by atoms with van der Waals surface area (Å²) in [7, 11) is 0. The highest BCUT2D eigenvalue weighted by Gasteiger charge is 2.30. The Labute approximate surface area is 255 Å². The Hall–Kier alpha value is -2.64. The van der Waals surface area contributed by atoms with Gasteiger partial charge in [0.05, 0.1) is 24.7 Å². The van der Waals surface area contributed by atoms with Gasteiger partial charge in [0.15, 0.2) is 0 Å². The number of carbonyl (C=O) groups excluding carboxylic acids is 2.